The number of hydrogen-bond acceptors (Lipinski definition) is 8. The molecule has 0 saturated carbocycles. The van der Waals surface area contributed by atoms with E-state index >= 15 is 0 Å². The van der Waals surface area contributed by atoms with Crippen molar-refractivity contribution in [2.75, 3.05) is 42.3 Å². The molecule has 0 bridgehead atoms. The van der Waals surface area contributed by atoms with Gasteiger partial charge in [-0.3, -0.25) is 24.5 Å². The van der Waals surface area contributed by atoms with Gasteiger partial charge < -0.3 is 25.4 Å². The maximum Gasteiger partial charge on any atom is 0.330 e. The summed E-state index contributed by atoms with van der Waals surface area (Å²) < 4.78 is 12.2. The van der Waals surface area contributed by atoms with E-state index in [1.54, 1.807) is 18.2 Å². The molecule has 0 atom stereocenters. The highest BCUT2D eigenvalue weighted by atomic mass is 16.6. The first-order valence-corrected chi connectivity index (χ1v) is 11.4. The van der Waals surface area contributed by atoms with Gasteiger partial charge >= 0.3 is 11.7 Å². The van der Waals surface area contributed by atoms with Crippen molar-refractivity contribution in [2.45, 2.75) is 34.2 Å². The van der Waals surface area contributed by atoms with Gasteiger partial charge in [-0.15, -0.1) is 0 Å². The third-order valence-electron chi connectivity index (χ3n) is 5.05. The van der Waals surface area contributed by atoms with Crippen LogP contribution in [0.25, 0.3) is 0 Å². The molecule has 2 heterocycles. The Morgan fingerprint density at radius 3 is 2.46 bits per heavy atom. The average Bonchev–Trinajstić information content (AvgIpc) is 2.75. The number of nitrogens with one attached hydrogen (secondary N) is 3. The average molecular weight is 489 g/mol. The van der Waals surface area contributed by atoms with Crippen molar-refractivity contribution in [2.24, 2.45) is 11.8 Å². The van der Waals surface area contributed by atoms with Gasteiger partial charge in [0.2, 0.25) is 5.91 Å². The van der Waals surface area contributed by atoms with Crippen molar-refractivity contribution in [3.63, 3.8) is 0 Å². The van der Waals surface area contributed by atoms with E-state index in [1.807, 2.05) is 27.7 Å². The summed E-state index contributed by atoms with van der Waals surface area (Å²) in [5.41, 5.74) is 5.34. The van der Waals surface area contributed by atoms with Gasteiger partial charge in [0.05, 0.1) is 6.54 Å². The molecule has 12 nitrogen and oxygen atoms in total. The van der Waals surface area contributed by atoms with E-state index in [1.165, 1.54) is 9.47 Å². The monoisotopic (exact) mass is 488 g/mol. The van der Waals surface area contributed by atoms with E-state index in [-0.39, 0.29) is 29.9 Å². The summed E-state index contributed by atoms with van der Waals surface area (Å²) in [4.78, 5) is 53.8. The molecule has 1 aliphatic heterocycles. The minimum absolute atomic E-state index is 0.0151. The van der Waals surface area contributed by atoms with Crippen LogP contribution in [0, 0.1) is 11.8 Å². The van der Waals surface area contributed by atoms with E-state index < -0.39 is 23.2 Å². The van der Waals surface area contributed by atoms with Crippen LogP contribution < -0.4 is 42.0 Å². The minimum atomic E-state index is -0.747. The molecule has 1 aliphatic rings. The fourth-order valence-electron chi connectivity index (χ4n) is 3.73. The van der Waals surface area contributed by atoms with Crippen molar-refractivity contribution >= 4 is 29.1 Å². The summed E-state index contributed by atoms with van der Waals surface area (Å²) in [5, 5.41) is 4.83. The van der Waals surface area contributed by atoms with Crippen LogP contribution in [-0.2, 0) is 11.3 Å². The zero-order chi connectivity index (χ0) is 25.7. The van der Waals surface area contributed by atoms with Gasteiger partial charge in [0.15, 0.2) is 11.5 Å². The molecule has 3 amide bonds. The second kappa shape index (κ2) is 11.0. The van der Waals surface area contributed by atoms with Crippen LogP contribution in [0.2, 0.25) is 0 Å². The smallest absolute Gasteiger partial charge is 0.330 e. The predicted molar refractivity (Wildman–Crippen MR) is 132 cm³/mol. The quantitative estimate of drug-likeness (QED) is 0.433. The van der Waals surface area contributed by atoms with Crippen LogP contribution in [0.4, 0.5) is 22.0 Å². The summed E-state index contributed by atoms with van der Waals surface area (Å²) in [6.07, 6.45) is 0. The van der Waals surface area contributed by atoms with Crippen molar-refractivity contribution in [1.29, 1.82) is 0 Å². The number of nitrogens with zero attached hydrogens (tertiary/aromatic N) is 2. The molecule has 1 aromatic heterocycles. The minimum Gasteiger partial charge on any atom is -0.486 e. The molecule has 2 aromatic rings. The van der Waals surface area contributed by atoms with E-state index in [0.717, 1.165) is 0 Å². The van der Waals surface area contributed by atoms with E-state index in [0.29, 0.717) is 43.5 Å². The van der Waals surface area contributed by atoms with Crippen molar-refractivity contribution in [1.82, 2.24) is 14.9 Å². The number of rotatable bonds is 8. The number of aromatic nitrogens is 2. The van der Waals surface area contributed by atoms with Crippen LogP contribution in [-0.4, -0.2) is 47.8 Å². The van der Waals surface area contributed by atoms with Gasteiger partial charge in [-0.2, -0.15) is 0 Å². The largest absolute Gasteiger partial charge is 0.486 e. The second-order valence-electron chi connectivity index (χ2n) is 9.13. The number of nitrogens with two attached hydrogens (primary N) is 1. The highest BCUT2D eigenvalue weighted by Gasteiger charge is 2.23. The Hall–Kier alpha value is -3.96. The van der Waals surface area contributed by atoms with E-state index in [2.05, 4.69) is 15.6 Å². The van der Waals surface area contributed by atoms with Crippen molar-refractivity contribution in [3.8, 4) is 11.5 Å². The molecule has 0 fully saturated rings. The van der Waals surface area contributed by atoms with Crippen LogP contribution in [0.1, 0.15) is 27.7 Å². The Morgan fingerprint density at radius 2 is 1.80 bits per heavy atom. The Kier molecular flexibility index (Phi) is 8.05. The van der Waals surface area contributed by atoms with Crippen molar-refractivity contribution in [3.05, 3.63) is 39.0 Å². The van der Waals surface area contributed by atoms with Gasteiger partial charge in [0.1, 0.15) is 24.7 Å². The van der Waals surface area contributed by atoms with Crippen LogP contribution >= 0.6 is 0 Å². The Labute approximate surface area is 202 Å². The van der Waals surface area contributed by atoms with Gasteiger partial charge in [0, 0.05) is 24.8 Å². The SMILES string of the molecule is CC(C)CN(CC(=O)NC(=O)Nc1ccc2c(c1)OCCO2)c1c(N)n(CC(C)C)c(=O)[nH]c1=O. The molecular formula is C23H32N6O6. The molecule has 0 radical (unpaired) electrons. The fourth-order valence-corrected chi connectivity index (χ4v) is 3.73. The highest BCUT2D eigenvalue weighted by molar-refractivity contribution is 6.02. The molecule has 3 rings (SSSR count). The first kappa shape index (κ1) is 25.7. The number of anilines is 3. The second-order valence-corrected chi connectivity index (χ2v) is 9.13. The highest BCUT2D eigenvalue weighted by Crippen LogP contribution is 2.32. The predicted octanol–water partition coefficient (Wildman–Crippen LogP) is 1.36. The number of aromatic amines is 1. The van der Waals surface area contributed by atoms with Crippen LogP contribution in [0.3, 0.4) is 0 Å². The number of imide groups is 1. The standard InChI is InChI=1S/C23H32N6O6/c1-13(2)10-28(19-20(24)29(11-14(3)4)23(33)27-21(19)31)12-18(30)26-22(32)25-15-5-6-16-17(9-15)35-8-7-34-16/h5-6,9,13-14H,7-8,10-12,24H2,1-4H3,(H,27,31,33)(H2,25,26,30,32). The van der Waals surface area contributed by atoms with Gasteiger partial charge in [-0.05, 0) is 24.0 Å². The molecule has 0 aliphatic carbocycles. The van der Waals surface area contributed by atoms with Crippen LogP contribution in [0.5, 0.6) is 11.5 Å². The molecular weight excluding hydrogens is 456 g/mol. The topological polar surface area (TPSA) is 161 Å². The summed E-state index contributed by atoms with van der Waals surface area (Å²) in [7, 11) is 0. The fraction of sp³-hybridized carbons (Fsp3) is 0.478. The number of ether oxygens (including phenoxy) is 2. The molecule has 35 heavy (non-hydrogen) atoms. The molecule has 1 aromatic carbocycles. The molecule has 12 heteroatoms. The third kappa shape index (κ3) is 6.55. The number of fused-ring (bicyclic) bond motifs is 1. The molecule has 0 spiro atoms. The number of amides is 3. The Morgan fingerprint density at radius 1 is 1.11 bits per heavy atom. The number of nitrogen functional groups attached to an aromatic ring is 1. The lowest BCUT2D eigenvalue weighted by atomic mass is 10.2. The third-order valence-corrected chi connectivity index (χ3v) is 5.05. The summed E-state index contributed by atoms with van der Waals surface area (Å²) >= 11 is 0. The number of carbonyl (C=O) groups is 2. The van der Waals surface area contributed by atoms with Gasteiger partial charge in [-0.1, -0.05) is 27.7 Å². The lowest BCUT2D eigenvalue weighted by Gasteiger charge is -2.27. The normalized spacial score (nSPS) is 12.5. The summed E-state index contributed by atoms with van der Waals surface area (Å²) in [5.74, 6) is 0.542. The molecule has 5 N–H and O–H groups in total. The van der Waals surface area contributed by atoms with Crippen molar-refractivity contribution < 1.29 is 19.1 Å². The first-order valence-electron chi connectivity index (χ1n) is 11.4. The molecule has 0 saturated heterocycles. The maximum atomic E-state index is 12.7. The van der Waals surface area contributed by atoms with Gasteiger partial charge in [0.25, 0.3) is 5.56 Å². The van der Waals surface area contributed by atoms with Gasteiger partial charge in [-0.25, -0.2) is 9.59 Å². The Balaban J connectivity index is 1.75. The van der Waals surface area contributed by atoms with E-state index in [4.69, 9.17) is 15.2 Å². The number of H-pyrrole nitrogens is 1. The molecule has 0 unspecified atom stereocenters. The molecule has 190 valence electrons. The van der Waals surface area contributed by atoms with E-state index in [9.17, 15) is 19.2 Å². The zero-order valence-electron chi connectivity index (χ0n) is 20.3. The first-order chi connectivity index (χ1) is 16.5. The number of carbonyl (C=O) groups excluding carboxylic acids is 2. The number of urea groups is 1. The lowest BCUT2D eigenvalue weighted by Crippen LogP contribution is -2.46. The van der Waals surface area contributed by atoms with Crippen LogP contribution in [0.15, 0.2) is 27.8 Å². The summed E-state index contributed by atoms with van der Waals surface area (Å²) in [6, 6.07) is 4.14. The lowest BCUT2D eigenvalue weighted by molar-refractivity contribution is -0.118. The zero-order valence-corrected chi connectivity index (χ0v) is 20.3. The maximum absolute atomic E-state index is 12.7. The number of benzene rings is 1. The number of hydrogen-bond donors (Lipinski definition) is 4. The summed E-state index contributed by atoms with van der Waals surface area (Å²) in [6.45, 7) is 8.77. The Bertz CT molecular complexity index is 1200.